The van der Waals surface area contributed by atoms with Gasteiger partial charge in [0, 0.05) is 52.2 Å². The molecule has 1 saturated carbocycles. The van der Waals surface area contributed by atoms with Crippen LogP contribution in [0.15, 0.2) is 24.3 Å². The maximum absolute atomic E-state index is 13.4. The number of hydrogen-bond acceptors (Lipinski definition) is 6. The largest absolute Gasteiger partial charge is 0.416 e. The highest BCUT2D eigenvalue weighted by molar-refractivity contribution is 5.87. The molecule has 13 heteroatoms. The molecule has 0 spiro atoms. The number of nitrogens with one attached hydrogen (secondary N) is 3. The Bertz CT molecular complexity index is 1090. The van der Waals surface area contributed by atoms with Crippen LogP contribution in [0.3, 0.4) is 0 Å². The van der Waals surface area contributed by atoms with Crippen LogP contribution in [-0.4, -0.2) is 96.9 Å². The van der Waals surface area contributed by atoms with E-state index in [2.05, 4.69) is 20.9 Å². The molecule has 3 aliphatic rings. The van der Waals surface area contributed by atoms with Crippen molar-refractivity contribution in [2.24, 2.45) is 5.92 Å². The molecule has 0 aromatic heterocycles. The molecule has 0 bridgehead atoms. The molecule has 4 amide bonds. The molecule has 4 rings (SSSR count). The zero-order valence-electron chi connectivity index (χ0n) is 22.8. The van der Waals surface area contributed by atoms with Crippen molar-refractivity contribution in [1.29, 1.82) is 0 Å². The monoisotopic (exact) mass is 566 g/mol. The number of rotatable bonds is 7. The Morgan fingerprint density at radius 3 is 2.33 bits per heavy atom. The van der Waals surface area contributed by atoms with Crippen molar-refractivity contribution in [3.8, 4) is 0 Å². The van der Waals surface area contributed by atoms with E-state index in [-0.39, 0.29) is 55.4 Å². The molecule has 40 heavy (non-hydrogen) atoms. The smallest absolute Gasteiger partial charge is 0.359 e. The summed E-state index contributed by atoms with van der Waals surface area (Å²) in [6.07, 6.45) is -2.20. The first-order valence-corrected chi connectivity index (χ1v) is 13.6. The molecular weight excluding hydrogens is 529 g/mol. The average molecular weight is 567 g/mol. The molecule has 3 fully saturated rings. The Labute approximate surface area is 231 Å². The number of hydrogen-bond donors (Lipinski definition) is 3. The van der Waals surface area contributed by atoms with Crippen molar-refractivity contribution < 1.29 is 32.3 Å². The summed E-state index contributed by atoms with van der Waals surface area (Å²) in [6, 6.07) is 3.72. The first kappa shape index (κ1) is 29.8. The zero-order chi connectivity index (χ0) is 29.0. The summed E-state index contributed by atoms with van der Waals surface area (Å²) in [6.45, 7) is 4.45. The standard InChI is InChI=1S/C27H37F3N6O4/c1-17(37)34-9-11-35(12-10-34)20-7-8-22-21(13-20)26(40)36(16-32-22)15-25(39)33-23(14-24(38)31-2)18-3-5-19(6-4-18)27(28,29)30/h3-6,20-23,32H,7-16H2,1-2H3,(H,31,38)(H,33,39). The summed E-state index contributed by atoms with van der Waals surface area (Å²) >= 11 is 0. The van der Waals surface area contributed by atoms with Crippen LogP contribution < -0.4 is 16.0 Å². The van der Waals surface area contributed by atoms with Crippen LogP contribution in [-0.2, 0) is 25.4 Å². The minimum Gasteiger partial charge on any atom is -0.359 e. The summed E-state index contributed by atoms with van der Waals surface area (Å²) in [5, 5.41) is 8.57. The Morgan fingerprint density at radius 2 is 1.73 bits per heavy atom. The van der Waals surface area contributed by atoms with Gasteiger partial charge in [0.1, 0.15) is 6.54 Å². The molecule has 4 atom stereocenters. The maximum atomic E-state index is 13.4. The van der Waals surface area contributed by atoms with Crippen LogP contribution in [0.4, 0.5) is 13.2 Å². The SMILES string of the molecule is CNC(=O)CC(NC(=O)CN1CNC2CCC(N3CCN(C(C)=O)CC3)CC2C1=O)c1ccc(C(F)(F)F)cc1. The first-order valence-electron chi connectivity index (χ1n) is 13.6. The van der Waals surface area contributed by atoms with Gasteiger partial charge < -0.3 is 20.4 Å². The topological polar surface area (TPSA) is 114 Å². The number of amides is 4. The van der Waals surface area contributed by atoms with Gasteiger partial charge in [-0.05, 0) is 37.0 Å². The number of piperazine rings is 1. The van der Waals surface area contributed by atoms with Crippen molar-refractivity contribution in [3.05, 3.63) is 35.4 Å². The van der Waals surface area contributed by atoms with Crippen molar-refractivity contribution >= 4 is 23.6 Å². The lowest BCUT2D eigenvalue weighted by atomic mass is 9.79. The summed E-state index contributed by atoms with van der Waals surface area (Å²) in [4.78, 5) is 55.8. The highest BCUT2D eigenvalue weighted by Crippen LogP contribution is 2.33. The van der Waals surface area contributed by atoms with Crippen LogP contribution in [0.5, 0.6) is 0 Å². The number of carbonyl (C=O) groups is 4. The van der Waals surface area contributed by atoms with Gasteiger partial charge in [0.25, 0.3) is 0 Å². The fraction of sp³-hybridized carbons (Fsp3) is 0.630. The fourth-order valence-electron chi connectivity index (χ4n) is 5.93. The molecule has 2 aliphatic heterocycles. The van der Waals surface area contributed by atoms with E-state index in [1.165, 1.54) is 24.1 Å². The van der Waals surface area contributed by atoms with Crippen LogP contribution in [0, 0.1) is 5.92 Å². The molecule has 2 heterocycles. The van der Waals surface area contributed by atoms with Crippen LogP contribution in [0.25, 0.3) is 0 Å². The molecular formula is C27H37F3N6O4. The van der Waals surface area contributed by atoms with Crippen molar-refractivity contribution in [2.45, 2.75) is 56.9 Å². The second-order valence-electron chi connectivity index (χ2n) is 10.7. The van der Waals surface area contributed by atoms with Gasteiger partial charge in [0.2, 0.25) is 23.6 Å². The Hall–Kier alpha value is -3.19. The Morgan fingerprint density at radius 1 is 1.05 bits per heavy atom. The van der Waals surface area contributed by atoms with Gasteiger partial charge in [0.15, 0.2) is 0 Å². The molecule has 1 aromatic rings. The van der Waals surface area contributed by atoms with E-state index in [1.54, 1.807) is 6.92 Å². The summed E-state index contributed by atoms with van der Waals surface area (Å²) in [5.41, 5.74) is -0.472. The summed E-state index contributed by atoms with van der Waals surface area (Å²) < 4.78 is 39.0. The van der Waals surface area contributed by atoms with E-state index in [1.807, 2.05) is 4.90 Å². The maximum Gasteiger partial charge on any atom is 0.416 e. The van der Waals surface area contributed by atoms with Crippen LogP contribution >= 0.6 is 0 Å². The number of alkyl halides is 3. The van der Waals surface area contributed by atoms with Crippen LogP contribution in [0.1, 0.15) is 49.8 Å². The van der Waals surface area contributed by atoms with E-state index < -0.39 is 23.7 Å². The Balaban J connectivity index is 1.37. The van der Waals surface area contributed by atoms with Crippen LogP contribution in [0.2, 0.25) is 0 Å². The van der Waals surface area contributed by atoms with Gasteiger partial charge in [-0.25, -0.2) is 0 Å². The molecule has 220 valence electrons. The quantitative estimate of drug-likeness (QED) is 0.456. The zero-order valence-corrected chi connectivity index (χ0v) is 22.8. The molecule has 3 N–H and O–H groups in total. The predicted octanol–water partition coefficient (Wildman–Crippen LogP) is 1.09. The number of halogens is 3. The second kappa shape index (κ2) is 12.5. The van der Waals surface area contributed by atoms with Crippen molar-refractivity contribution in [3.63, 3.8) is 0 Å². The minimum absolute atomic E-state index is 0.0368. The van der Waals surface area contributed by atoms with E-state index in [9.17, 15) is 32.3 Å². The molecule has 2 saturated heterocycles. The third-order valence-electron chi connectivity index (χ3n) is 8.25. The van der Waals surface area contributed by atoms with Gasteiger partial charge in [-0.2, -0.15) is 13.2 Å². The molecule has 1 aliphatic carbocycles. The van der Waals surface area contributed by atoms with Gasteiger partial charge in [0.05, 0.1) is 30.6 Å². The van der Waals surface area contributed by atoms with Gasteiger partial charge in [-0.1, -0.05) is 12.1 Å². The lowest BCUT2D eigenvalue weighted by Gasteiger charge is -2.47. The number of benzene rings is 1. The number of fused-ring (bicyclic) bond motifs is 1. The lowest BCUT2D eigenvalue weighted by molar-refractivity contribution is -0.146. The minimum atomic E-state index is -4.50. The number of nitrogens with zero attached hydrogens (tertiary/aromatic N) is 3. The van der Waals surface area contributed by atoms with Gasteiger partial charge in [-0.3, -0.25) is 29.4 Å². The van der Waals surface area contributed by atoms with Gasteiger partial charge in [-0.15, -0.1) is 0 Å². The van der Waals surface area contributed by atoms with E-state index >= 15 is 0 Å². The third kappa shape index (κ3) is 7.11. The van der Waals surface area contributed by atoms with E-state index in [0.717, 1.165) is 38.1 Å². The molecule has 0 radical (unpaired) electrons. The normalized spacial score (nSPS) is 24.7. The van der Waals surface area contributed by atoms with E-state index in [0.29, 0.717) is 25.1 Å². The predicted molar refractivity (Wildman–Crippen MR) is 139 cm³/mol. The summed E-state index contributed by atoms with van der Waals surface area (Å²) in [7, 11) is 1.43. The van der Waals surface area contributed by atoms with Crippen molar-refractivity contribution in [1.82, 2.24) is 30.7 Å². The third-order valence-corrected chi connectivity index (χ3v) is 8.25. The second-order valence-corrected chi connectivity index (χ2v) is 10.7. The molecule has 1 aromatic carbocycles. The highest BCUT2D eigenvalue weighted by Gasteiger charge is 2.43. The Kier molecular flexibility index (Phi) is 9.34. The number of carbonyl (C=O) groups excluding carboxylic acids is 4. The summed E-state index contributed by atoms with van der Waals surface area (Å²) in [5.74, 6) is -1.21. The molecule has 4 unspecified atom stereocenters. The lowest BCUT2D eigenvalue weighted by Crippen LogP contribution is -2.62. The average Bonchev–Trinajstić information content (AvgIpc) is 2.93. The highest BCUT2D eigenvalue weighted by atomic mass is 19.4. The van der Waals surface area contributed by atoms with Crippen molar-refractivity contribution in [2.75, 3.05) is 46.4 Å². The van der Waals surface area contributed by atoms with Gasteiger partial charge >= 0.3 is 6.18 Å². The molecule has 10 nitrogen and oxygen atoms in total. The van der Waals surface area contributed by atoms with E-state index in [4.69, 9.17) is 0 Å². The first-order chi connectivity index (χ1) is 19.0. The fourth-order valence-corrected chi connectivity index (χ4v) is 5.93.